The van der Waals surface area contributed by atoms with E-state index >= 15 is 0 Å². The van der Waals surface area contributed by atoms with Crippen LogP contribution in [0.4, 0.5) is 21.6 Å². The normalized spacial score (nSPS) is 17.8. The number of nitrogens with two attached hydrogens (primary N) is 2. The molecule has 0 bridgehead atoms. The molecule has 6 nitrogen and oxygen atoms in total. The fraction of sp³-hybridized carbons (Fsp3) is 0.250. The zero-order valence-electron chi connectivity index (χ0n) is 18.0. The lowest BCUT2D eigenvalue weighted by molar-refractivity contribution is -0.123. The van der Waals surface area contributed by atoms with Gasteiger partial charge in [-0.15, -0.1) is 0 Å². The number of rotatable bonds is 4. The van der Waals surface area contributed by atoms with E-state index < -0.39 is 0 Å². The first-order chi connectivity index (χ1) is 15.9. The number of amides is 1. The monoisotopic (exact) mass is 483 g/mol. The molecular weight excluding hydrogens is 461 g/mol. The smallest absolute Gasteiger partial charge is 0.233 e. The number of aromatic nitrogens is 1. The summed E-state index contributed by atoms with van der Waals surface area (Å²) in [7, 11) is 0. The van der Waals surface area contributed by atoms with E-state index in [9.17, 15) is 9.18 Å². The van der Waals surface area contributed by atoms with E-state index in [1.807, 2.05) is 36.1 Å². The van der Waals surface area contributed by atoms with Gasteiger partial charge in [0.15, 0.2) is 0 Å². The molecule has 1 fully saturated rings. The number of hydrogen-bond donors (Lipinski definition) is 2. The van der Waals surface area contributed by atoms with Gasteiger partial charge >= 0.3 is 0 Å². The maximum absolute atomic E-state index is 14.1. The summed E-state index contributed by atoms with van der Waals surface area (Å²) in [5, 5.41) is 6.15. The summed E-state index contributed by atoms with van der Waals surface area (Å²) in [5.74, 6) is 0.0214. The molecule has 0 radical (unpaired) electrons. The molecule has 2 aliphatic rings. The van der Waals surface area contributed by atoms with Gasteiger partial charge in [0.25, 0.3) is 0 Å². The van der Waals surface area contributed by atoms with Crippen LogP contribution in [0.2, 0.25) is 5.02 Å². The van der Waals surface area contributed by atoms with Crippen molar-refractivity contribution in [2.24, 2.45) is 11.1 Å². The highest BCUT2D eigenvalue weighted by atomic mass is 35.5. The van der Waals surface area contributed by atoms with Crippen molar-refractivity contribution in [3.63, 3.8) is 0 Å². The van der Waals surface area contributed by atoms with Gasteiger partial charge in [0, 0.05) is 42.3 Å². The molecule has 4 N–H and O–H groups in total. The van der Waals surface area contributed by atoms with Gasteiger partial charge in [-0.05, 0) is 66.8 Å². The van der Waals surface area contributed by atoms with Crippen LogP contribution >= 0.6 is 23.5 Å². The van der Waals surface area contributed by atoms with E-state index in [1.54, 1.807) is 18.3 Å². The lowest BCUT2D eigenvalue weighted by Crippen LogP contribution is -2.55. The Balaban J connectivity index is 1.28. The number of fused-ring (bicyclic) bond motifs is 1. The molecule has 5 rings (SSSR count). The number of pyridine rings is 1. The first-order valence-electron chi connectivity index (χ1n) is 10.6. The minimum Gasteiger partial charge on any atom is -0.384 e. The Labute approximate surface area is 200 Å². The molecular formula is C24H23ClFN5OS. The highest BCUT2D eigenvalue weighted by molar-refractivity contribution is 7.97. The molecule has 2 aliphatic heterocycles. The van der Waals surface area contributed by atoms with E-state index in [-0.39, 0.29) is 23.7 Å². The topological polar surface area (TPSA) is 88.5 Å². The molecule has 9 heteroatoms. The summed E-state index contributed by atoms with van der Waals surface area (Å²) in [6.07, 6.45) is 2.31. The maximum Gasteiger partial charge on any atom is 0.233 e. The SMILES string of the molecule is CC1Cc2cc(F)c(SN)cc2N1C(=O)C1CN(c2ccc(-c3cnc(N)cc3Cl)cc2)C1. The Morgan fingerprint density at radius 3 is 2.61 bits per heavy atom. The Kier molecular flexibility index (Phi) is 5.68. The summed E-state index contributed by atoms with van der Waals surface area (Å²) >= 11 is 7.16. The highest BCUT2D eigenvalue weighted by Crippen LogP contribution is 2.39. The largest absolute Gasteiger partial charge is 0.384 e. The lowest BCUT2D eigenvalue weighted by Gasteiger charge is -2.42. The summed E-state index contributed by atoms with van der Waals surface area (Å²) < 4.78 is 14.1. The van der Waals surface area contributed by atoms with Gasteiger partial charge in [0.2, 0.25) is 5.91 Å². The molecule has 33 heavy (non-hydrogen) atoms. The Hall–Kier alpha value is -2.81. The van der Waals surface area contributed by atoms with Gasteiger partial charge in [-0.3, -0.25) is 9.93 Å². The number of carbonyl (C=O) groups is 1. The van der Waals surface area contributed by atoms with Crippen molar-refractivity contribution in [1.29, 1.82) is 0 Å². The van der Waals surface area contributed by atoms with Crippen LogP contribution in [0.15, 0.2) is 53.6 Å². The molecule has 0 aliphatic carbocycles. The van der Waals surface area contributed by atoms with Crippen LogP contribution in [0.25, 0.3) is 11.1 Å². The molecule has 3 heterocycles. The number of nitrogen functional groups attached to an aromatic ring is 1. The second-order valence-corrected chi connectivity index (χ2v) is 9.61. The average Bonchev–Trinajstić information content (AvgIpc) is 3.07. The predicted molar refractivity (Wildman–Crippen MR) is 132 cm³/mol. The lowest BCUT2D eigenvalue weighted by atomic mass is 9.96. The van der Waals surface area contributed by atoms with E-state index in [1.165, 1.54) is 6.07 Å². The van der Waals surface area contributed by atoms with E-state index in [0.29, 0.717) is 35.2 Å². The predicted octanol–water partition coefficient (Wildman–Crippen LogP) is 4.50. The molecule has 1 amide bonds. The van der Waals surface area contributed by atoms with Crippen molar-refractivity contribution in [3.05, 3.63) is 65.1 Å². The minimum absolute atomic E-state index is 0.00322. The highest BCUT2D eigenvalue weighted by Gasteiger charge is 2.40. The third kappa shape index (κ3) is 3.92. The maximum atomic E-state index is 14.1. The van der Waals surface area contributed by atoms with Gasteiger partial charge in [-0.2, -0.15) is 0 Å². The standard InChI is InChI=1S/C24H23ClFN5OS/c1-13-6-15-7-20(26)22(33-28)9-21(15)31(13)24(32)16-11-30(12-16)17-4-2-14(3-5-17)18-10-29-23(27)8-19(18)25/h2-5,7-10,13,16H,6,11-12,28H2,1H3,(H2,27,29). The second kappa shape index (κ2) is 8.52. The first-order valence-corrected chi connectivity index (χ1v) is 11.9. The molecule has 2 aromatic carbocycles. The third-order valence-corrected chi connectivity index (χ3v) is 7.24. The van der Waals surface area contributed by atoms with Gasteiger partial charge in [0.05, 0.1) is 15.8 Å². The fourth-order valence-corrected chi connectivity index (χ4v) is 5.22. The molecule has 170 valence electrons. The molecule has 1 aromatic heterocycles. The molecule has 1 saturated heterocycles. The van der Waals surface area contributed by atoms with Crippen molar-refractivity contribution in [2.45, 2.75) is 24.3 Å². The number of carbonyl (C=O) groups excluding carboxylic acids is 1. The van der Waals surface area contributed by atoms with Crippen molar-refractivity contribution in [1.82, 2.24) is 4.98 Å². The summed E-state index contributed by atoms with van der Waals surface area (Å²) in [6.45, 7) is 3.28. The van der Waals surface area contributed by atoms with Gasteiger partial charge in [0.1, 0.15) is 11.6 Å². The average molecular weight is 484 g/mol. The molecule has 1 unspecified atom stereocenters. The van der Waals surface area contributed by atoms with Crippen LogP contribution in [0.5, 0.6) is 0 Å². The van der Waals surface area contributed by atoms with E-state index in [0.717, 1.165) is 40.0 Å². The van der Waals surface area contributed by atoms with Crippen LogP contribution < -0.4 is 20.7 Å². The zero-order valence-corrected chi connectivity index (χ0v) is 19.5. The Morgan fingerprint density at radius 1 is 1.21 bits per heavy atom. The molecule has 3 aromatic rings. The van der Waals surface area contributed by atoms with Crippen LogP contribution in [-0.2, 0) is 11.2 Å². The quantitative estimate of drug-likeness (QED) is 0.531. The molecule has 0 spiro atoms. The number of anilines is 3. The number of benzene rings is 2. The second-order valence-electron chi connectivity index (χ2n) is 8.53. The zero-order chi connectivity index (χ0) is 23.3. The van der Waals surface area contributed by atoms with Crippen LogP contribution in [-0.4, -0.2) is 30.0 Å². The van der Waals surface area contributed by atoms with Crippen molar-refractivity contribution < 1.29 is 9.18 Å². The Bertz CT molecular complexity index is 1230. The van der Waals surface area contributed by atoms with E-state index in [2.05, 4.69) is 9.88 Å². The number of halogens is 2. The summed E-state index contributed by atoms with van der Waals surface area (Å²) in [5.41, 5.74) is 10.1. The van der Waals surface area contributed by atoms with Crippen molar-refractivity contribution in [2.75, 3.05) is 28.6 Å². The molecule has 1 atom stereocenters. The molecule has 0 saturated carbocycles. The minimum atomic E-state index is -0.336. The Morgan fingerprint density at radius 2 is 1.94 bits per heavy atom. The number of nitrogens with zero attached hydrogens (tertiary/aromatic N) is 3. The van der Waals surface area contributed by atoms with Gasteiger partial charge in [-0.1, -0.05) is 23.7 Å². The van der Waals surface area contributed by atoms with Crippen LogP contribution in [0.1, 0.15) is 12.5 Å². The van der Waals surface area contributed by atoms with E-state index in [4.69, 9.17) is 22.5 Å². The van der Waals surface area contributed by atoms with Gasteiger partial charge in [-0.25, -0.2) is 9.37 Å². The van der Waals surface area contributed by atoms with Gasteiger partial charge < -0.3 is 15.5 Å². The summed E-state index contributed by atoms with van der Waals surface area (Å²) in [6, 6.07) is 12.9. The third-order valence-electron chi connectivity index (χ3n) is 6.36. The van der Waals surface area contributed by atoms with Crippen LogP contribution in [0, 0.1) is 11.7 Å². The number of hydrogen-bond acceptors (Lipinski definition) is 6. The van der Waals surface area contributed by atoms with Crippen molar-refractivity contribution in [3.8, 4) is 11.1 Å². The fourth-order valence-electron chi connectivity index (χ4n) is 4.60. The first kappa shape index (κ1) is 22.0. The van der Waals surface area contributed by atoms with Crippen LogP contribution in [0.3, 0.4) is 0 Å². The summed E-state index contributed by atoms with van der Waals surface area (Å²) in [4.78, 5) is 21.8. The van der Waals surface area contributed by atoms with Crippen molar-refractivity contribution >= 4 is 46.6 Å².